The summed E-state index contributed by atoms with van der Waals surface area (Å²) in [4.78, 5) is 12.6. The number of aromatic nitrogens is 2. The molecule has 5 nitrogen and oxygen atoms in total. The second kappa shape index (κ2) is 11.4. The van der Waals surface area contributed by atoms with Gasteiger partial charge in [-0.3, -0.25) is 9.80 Å². The van der Waals surface area contributed by atoms with Crippen molar-refractivity contribution in [2.45, 2.75) is 0 Å². The summed E-state index contributed by atoms with van der Waals surface area (Å²) in [6.45, 7) is 13.8. The van der Waals surface area contributed by atoms with Crippen LogP contribution in [0.3, 0.4) is 0 Å². The van der Waals surface area contributed by atoms with Gasteiger partial charge in [-0.15, -0.1) is 0 Å². The maximum absolute atomic E-state index is 9.13. The van der Waals surface area contributed by atoms with Crippen molar-refractivity contribution in [3.05, 3.63) is 96.3 Å². The third-order valence-corrected chi connectivity index (χ3v) is 6.48. The van der Waals surface area contributed by atoms with Crippen molar-refractivity contribution in [2.75, 3.05) is 45.9 Å². The number of allylic oxidation sites excluding steroid dienone is 4. The van der Waals surface area contributed by atoms with Gasteiger partial charge in [0, 0.05) is 73.2 Å². The Morgan fingerprint density at radius 1 is 1.09 bits per heavy atom. The highest BCUT2D eigenvalue weighted by Gasteiger charge is 2.16. The zero-order valence-corrected chi connectivity index (χ0v) is 20.1. The number of hydrogen-bond acceptors (Lipinski definition) is 4. The second-order valence-corrected chi connectivity index (χ2v) is 8.88. The van der Waals surface area contributed by atoms with Crippen molar-refractivity contribution in [1.29, 1.82) is 0 Å². The van der Waals surface area contributed by atoms with Crippen molar-refractivity contribution < 1.29 is 5.11 Å². The Kier molecular flexibility index (Phi) is 8.14. The molecule has 1 fully saturated rings. The Morgan fingerprint density at radius 2 is 1.88 bits per heavy atom. The predicted octanol–water partition coefficient (Wildman–Crippen LogP) is 5.18. The first-order chi connectivity index (χ1) is 16.6. The monoisotopic (exact) mass is 474 g/mol. The molecule has 2 aromatic heterocycles. The molecule has 34 heavy (non-hydrogen) atoms. The molecule has 176 valence electrons. The zero-order chi connectivity index (χ0) is 23.9. The van der Waals surface area contributed by atoms with Gasteiger partial charge in [0.1, 0.15) is 5.65 Å². The molecule has 2 N–H and O–H groups in total. The van der Waals surface area contributed by atoms with Gasteiger partial charge < -0.3 is 10.1 Å². The molecule has 1 aromatic carbocycles. The molecule has 0 spiro atoms. The van der Waals surface area contributed by atoms with E-state index in [0.29, 0.717) is 5.02 Å². The maximum atomic E-state index is 9.13. The van der Waals surface area contributed by atoms with Gasteiger partial charge in [0.15, 0.2) is 0 Å². The molecule has 0 atom stereocenters. The van der Waals surface area contributed by atoms with Crippen LogP contribution in [0.25, 0.3) is 27.7 Å². The van der Waals surface area contributed by atoms with Gasteiger partial charge in [-0.05, 0) is 34.9 Å². The lowest BCUT2D eigenvalue weighted by atomic mass is 10.0. The number of hydrogen-bond donors (Lipinski definition) is 2. The van der Waals surface area contributed by atoms with Crippen LogP contribution in [0.1, 0.15) is 5.56 Å². The van der Waals surface area contributed by atoms with E-state index in [2.05, 4.69) is 51.1 Å². The van der Waals surface area contributed by atoms with E-state index in [4.69, 9.17) is 16.7 Å². The van der Waals surface area contributed by atoms with Crippen LogP contribution in [0.15, 0.2) is 85.8 Å². The lowest BCUT2D eigenvalue weighted by Gasteiger charge is -2.34. The smallest absolute Gasteiger partial charge is 0.137 e. The molecule has 0 aliphatic carbocycles. The SMILES string of the molecule is C=C/C(=C\C=C(/C=C)c1cnc2[nH]cc(-c3cccc(Cl)c3)c2c1)CN1CCN(CCO)CC1. The largest absolute Gasteiger partial charge is 0.395 e. The van der Waals surface area contributed by atoms with Crippen LogP contribution in [0.4, 0.5) is 0 Å². The van der Waals surface area contributed by atoms with Crippen molar-refractivity contribution in [2.24, 2.45) is 0 Å². The molecule has 0 radical (unpaired) electrons. The first-order valence-electron chi connectivity index (χ1n) is 11.6. The number of H-pyrrole nitrogens is 1. The molecule has 1 aliphatic rings. The lowest BCUT2D eigenvalue weighted by Crippen LogP contribution is -2.47. The third kappa shape index (κ3) is 5.75. The fourth-order valence-corrected chi connectivity index (χ4v) is 4.48. The third-order valence-electron chi connectivity index (χ3n) is 6.25. The number of benzene rings is 1. The van der Waals surface area contributed by atoms with Crippen molar-refractivity contribution in [3.63, 3.8) is 0 Å². The highest BCUT2D eigenvalue weighted by atomic mass is 35.5. The van der Waals surface area contributed by atoms with Gasteiger partial charge in [0.25, 0.3) is 0 Å². The summed E-state index contributed by atoms with van der Waals surface area (Å²) in [7, 11) is 0. The first kappa shape index (κ1) is 24.2. The molecular weight excluding hydrogens is 444 g/mol. The van der Waals surface area contributed by atoms with Crippen molar-refractivity contribution in [1.82, 2.24) is 19.8 Å². The van der Waals surface area contributed by atoms with E-state index in [1.54, 1.807) is 0 Å². The van der Waals surface area contributed by atoms with E-state index in [0.717, 1.165) is 78.1 Å². The molecular formula is C28H31ClN4O. The summed E-state index contributed by atoms with van der Waals surface area (Å²) >= 11 is 6.21. The van der Waals surface area contributed by atoms with E-state index in [9.17, 15) is 0 Å². The average molecular weight is 475 g/mol. The van der Waals surface area contributed by atoms with Crippen LogP contribution >= 0.6 is 11.6 Å². The number of β-amino-alcohol motifs (C(OH)–C–C–N with tert-alkyl or cyclic N) is 1. The van der Waals surface area contributed by atoms with Crippen LogP contribution in [0.2, 0.25) is 5.02 Å². The predicted molar refractivity (Wildman–Crippen MR) is 143 cm³/mol. The zero-order valence-electron chi connectivity index (χ0n) is 19.4. The molecule has 3 heterocycles. The summed E-state index contributed by atoms with van der Waals surface area (Å²) in [6.07, 6.45) is 11.8. The minimum Gasteiger partial charge on any atom is -0.395 e. The Morgan fingerprint density at radius 3 is 2.59 bits per heavy atom. The van der Waals surface area contributed by atoms with E-state index in [-0.39, 0.29) is 6.61 Å². The number of pyridine rings is 1. The fraction of sp³-hybridized carbons (Fsp3) is 0.250. The van der Waals surface area contributed by atoms with Gasteiger partial charge in [0.05, 0.1) is 6.61 Å². The number of rotatable bonds is 9. The molecule has 0 unspecified atom stereocenters. The molecule has 0 saturated carbocycles. The molecule has 3 aromatic rings. The van der Waals surface area contributed by atoms with Crippen LogP contribution in [-0.4, -0.2) is 70.7 Å². The second-order valence-electron chi connectivity index (χ2n) is 8.45. The number of nitrogens with zero attached hydrogens (tertiary/aromatic N) is 3. The summed E-state index contributed by atoms with van der Waals surface area (Å²) in [5, 5.41) is 10.9. The Hall–Kier alpha value is -2.96. The normalized spacial score (nSPS) is 16.2. The number of piperazine rings is 1. The van der Waals surface area contributed by atoms with E-state index in [1.807, 2.05) is 48.8 Å². The topological polar surface area (TPSA) is 55.4 Å². The Bertz CT molecular complexity index is 1220. The van der Waals surface area contributed by atoms with Gasteiger partial charge >= 0.3 is 0 Å². The number of fused-ring (bicyclic) bond motifs is 1. The maximum Gasteiger partial charge on any atom is 0.137 e. The van der Waals surface area contributed by atoms with Gasteiger partial charge in [-0.25, -0.2) is 4.98 Å². The van der Waals surface area contributed by atoms with E-state index in [1.165, 1.54) is 0 Å². The van der Waals surface area contributed by atoms with Gasteiger partial charge in [-0.1, -0.05) is 61.2 Å². The molecule has 4 rings (SSSR count). The average Bonchev–Trinajstić information content (AvgIpc) is 3.28. The van der Waals surface area contributed by atoms with E-state index < -0.39 is 0 Å². The lowest BCUT2D eigenvalue weighted by molar-refractivity contribution is 0.119. The standard InChI is InChI=1S/C28H31ClN4O/c1-3-21(20-33-12-10-32(11-13-33)14-15-34)8-9-22(4-2)24-17-26-27(19-31-28(26)30-18-24)23-6-5-7-25(29)16-23/h3-9,16-19,34H,1-2,10-15,20H2,(H,30,31)/b21-8+,22-9+. The molecule has 0 bridgehead atoms. The van der Waals surface area contributed by atoms with Crippen molar-refractivity contribution >= 4 is 28.2 Å². The molecule has 0 amide bonds. The summed E-state index contributed by atoms with van der Waals surface area (Å²) in [6, 6.07) is 9.99. The Balaban J connectivity index is 1.55. The van der Waals surface area contributed by atoms with Crippen LogP contribution in [0.5, 0.6) is 0 Å². The summed E-state index contributed by atoms with van der Waals surface area (Å²) in [5.41, 5.74) is 6.12. The van der Waals surface area contributed by atoms with Gasteiger partial charge in [-0.2, -0.15) is 0 Å². The van der Waals surface area contributed by atoms with Gasteiger partial charge in [0.2, 0.25) is 0 Å². The minimum absolute atomic E-state index is 0.219. The fourth-order valence-electron chi connectivity index (χ4n) is 4.29. The summed E-state index contributed by atoms with van der Waals surface area (Å²) in [5.74, 6) is 0. The molecule has 1 aliphatic heterocycles. The van der Waals surface area contributed by atoms with Crippen LogP contribution < -0.4 is 0 Å². The molecule has 1 saturated heterocycles. The van der Waals surface area contributed by atoms with Crippen LogP contribution in [-0.2, 0) is 0 Å². The summed E-state index contributed by atoms with van der Waals surface area (Å²) < 4.78 is 0. The van der Waals surface area contributed by atoms with Crippen LogP contribution in [0, 0.1) is 0 Å². The Labute approximate surface area is 206 Å². The molecule has 6 heteroatoms. The first-order valence-corrected chi connectivity index (χ1v) is 11.9. The number of aliphatic hydroxyl groups excluding tert-OH is 1. The quantitative estimate of drug-likeness (QED) is 0.420. The highest BCUT2D eigenvalue weighted by molar-refractivity contribution is 6.30. The number of nitrogens with one attached hydrogen (secondary N) is 1. The number of aromatic amines is 1. The van der Waals surface area contributed by atoms with Crippen molar-refractivity contribution in [3.8, 4) is 11.1 Å². The van der Waals surface area contributed by atoms with E-state index >= 15 is 0 Å². The minimum atomic E-state index is 0.219. The number of aliphatic hydroxyl groups is 1. The number of halogens is 1. The highest BCUT2D eigenvalue weighted by Crippen LogP contribution is 2.31.